The number of carbonyl (C=O) groups is 1. The fraction of sp³-hybridized carbons (Fsp3) is 0.938. The number of amides is 1. The van der Waals surface area contributed by atoms with Gasteiger partial charge in [0.1, 0.15) is 0 Å². The summed E-state index contributed by atoms with van der Waals surface area (Å²) in [6.07, 6.45) is 5.68. The molecule has 3 N–H and O–H groups in total. The predicted molar refractivity (Wildman–Crippen MR) is 84.2 cm³/mol. The van der Waals surface area contributed by atoms with E-state index in [2.05, 4.69) is 15.5 Å². The summed E-state index contributed by atoms with van der Waals surface area (Å²) >= 11 is 0. The van der Waals surface area contributed by atoms with Gasteiger partial charge < -0.3 is 15.7 Å². The molecule has 2 aliphatic heterocycles. The van der Waals surface area contributed by atoms with E-state index in [4.69, 9.17) is 0 Å². The van der Waals surface area contributed by atoms with Crippen LogP contribution in [0.5, 0.6) is 0 Å². The molecule has 5 nitrogen and oxygen atoms in total. The molecule has 0 aromatic carbocycles. The Morgan fingerprint density at radius 3 is 2.57 bits per heavy atom. The Bertz CT molecular complexity index is 338. The van der Waals surface area contributed by atoms with Crippen molar-refractivity contribution in [2.45, 2.75) is 70.1 Å². The number of hydrogen-bond donors (Lipinski definition) is 3. The fourth-order valence-electron chi connectivity index (χ4n) is 3.52. The first-order valence-electron chi connectivity index (χ1n) is 8.56. The monoisotopic (exact) mass is 297 g/mol. The molecule has 2 aliphatic rings. The number of nitrogens with zero attached hydrogens (tertiary/aromatic N) is 1. The largest absolute Gasteiger partial charge is 0.388 e. The third kappa shape index (κ3) is 4.18. The summed E-state index contributed by atoms with van der Waals surface area (Å²) in [5.74, 6) is 0.103. The van der Waals surface area contributed by atoms with Crippen LogP contribution in [0.3, 0.4) is 0 Å². The van der Waals surface area contributed by atoms with Crippen molar-refractivity contribution in [3.8, 4) is 0 Å². The summed E-state index contributed by atoms with van der Waals surface area (Å²) in [5.41, 5.74) is -0.756. The second-order valence-electron chi connectivity index (χ2n) is 6.53. The molecule has 2 rings (SSSR count). The molecule has 5 heteroatoms. The van der Waals surface area contributed by atoms with E-state index in [1.54, 1.807) is 0 Å². The van der Waals surface area contributed by atoms with Crippen LogP contribution in [0.1, 0.15) is 52.4 Å². The molecule has 1 amide bonds. The highest BCUT2D eigenvalue weighted by Gasteiger charge is 2.36. The summed E-state index contributed by atoms with van der Waals surface area (Å²) in [6, 6.07) is 0.548. The Morgan fingerprint density at radius 2 is 1.95 bits per heavy atom. The summed E-state index contributed by atoms with van der Waals surface area (Å²) in [5, 5.41) is 16.7. The molecule has 0 aromatic rings. The molecular weight excluding hydrogens is 266 g/mol. The van der Waals surface area contributed by atoms with Gasteiger partial charge in [-0.3, -0.25) is 9.69 Å². The van der Waals surface area contributed by atoms with Gasteiger partial charge in [0.2, 0.25) is 5.91 Å². The van der Waals surface area contributed by atoms with Gasteiger partial charge in [0.15, 0.2) is 0 Å². The van der Waals surface area contributed by atoms with Crippen LogP contribution in [0.2, 0.25) is 0 Å². The number of rotatable bonds is 6. The van der Waals surface area contributed by atoms with Gasteiger partial charge in [-0.25, -0.2) is 0 Å². The van der Waals surface area contributed by atoms with Gasteiger partial charge in [0.05, 0.1) is 11.6 Å². The maximum Gasteiger partial charge on any atom is 0.237 e. The summed E-state index contributed by atoms with van der Waals surface area (Å²) in [6.45, 7) is 7.45. The van der Waals surface area contributed by atoms with Crippen molar-refractivity contribution in [1.82, 2.24) is 15.5 Å². The van der Waals surface area contributed by atoms with E-state index in [1.807, 2.05) is 13.8 Å². The second-order valence-corrected chi connectivity index (χ2v) is 6.53. The minimum absolute atomic E-state index is 0.00561. The Labute approximate surface area is 128 Å². The first-order valence-corrected chi connectivity index (χ1v) is 8.56. The number of aliphatic hydroxyl groups is 1. The zero-order valence-electron chi connectivity index (χ0n) is 13.5. The third-order valence-electron chi connectivity index (χ3n) is 5.28. The molecule has 0 aliphatic carbocycles. The van der Waals surface area contributed by atoms with Crippen molar-refractivity contribution in [2.24, 2.45) is 0 Å². The molecule has 2 fully saturated rings. The zero-order chi connectivity index (χ0) is 15.3. The third-order valence-corrected chi connectivity index (χ3v) is 5.28. The van der Waals surface area contributed by atoms with Crippen LogP contribution < -0.4 is 10.6 Å². The molecular formula is C16H31N3O2. The smallest absolute Gasteiger partial charge is 0.237 e. The Morgan fingerprint density at radius 1 is 1.29 bits per heavy atom. The highest BCUT2D eigenvalue weighted by molar-refractivity contribution is 5.82. The molecule has 1 unspecified atom stereocenters. The lowest BCUT2D eigenvalue weighted by Crippen LogP contribution is -2.52. The van der Waals surface area contributed by atoms with Gasteiger partial charge in [-0.2, -0.15) is 0 Å². The molecule has 0 saturated carbocycles. The first-order chi connectivity index (χ1) is 10.1. The van der Waals surface area contributed by atoms with E-state index in [0.29, 0.717) is 25.4 Å². The van der Waals surface area contributed by atoms with Crippen LogP contribution in [0.15, 0.2) is 0 Å². The average Bonchev–Trinajstić information content (AvgIpc) is 3.03. The van der Waals surface area contributed by atoms with Gasteiger partial charge >= 0.3 is 0 Å². The van der Waals surface area contributed by atoms with Crippen molar-refractivity contribution < 1.29 is 9.90 Å². The second kappa shape index (κ2) is 7.56. The maximum atomic E-state index is 12.5. The Balaban J connectivity index is 1.88. The summed E-state index contributed by atoms with van der Waals surface area (Å²) in [4.78, 5) is 14.9. The molecule has 2 saturated heterocycles. The van der Waals surface area contributed by atoms with Crippen LogP contribution >= 0.6 is 0 Å². The number of piperidine rings is 1. The topological polar surface area (TPSA) is 64.6 Å². The lowest BCUT2D eigenvalue weighted by Gasteiger charge is -2.35. The summed E-state index contributed by atoms with van der Waals surface area (Å²) in [7, 11) is 0. The lowest BCUT2D eigenvalue weighted by atomic mass is 9.97. The molecule has 0 aromatic heterocycles. The minimum atomic E-state index is -0.756. The van der Waals surface area contributed by atoms with Crippen LogP contribution in [-0.4, -0.2) is 59.8 Å². The molecule has 0 bridgehead atoms. The van der Waals surface area contributed by atoms with E-state index < -0.39 is 5.60 Å². The molecule has 1 atom stereocenters. The number of nitrogens with one attached hydrogen (secondary N) is 2. The summed E-state index contributed by atoms with van der Waals surface area (Å²) < 4.78 is 0. The SMILES string of the molecule is CCC(O)(CC)CNC(=O)C1CCCN1C1CCNCC1. The highest BCUT2D eigenvalue weighted by atomic mass is 16.3. The predicted octanol–water partition coefficient (Wildman–Crippen LogP) is 0.870. The van der Waals surface area contributed by atoms with Crippen molar-refractivity contribution in [3.63, 3.8) is 0 Å². The van der Waals surface area contributed by atoms with Crippen molar-refractivity contribution in [2.75, 3.05) is 26.2 Å². The van der Waals surface area contributed by atoms with Crippen LogP contribution in [-0.2, 0) is 4.79 Å². The molecule has 0 spiro atoms. The molecule has 122 valence electrons. The minimum Gasteiger partial charge on any atom is -0.388 e. The standard InChI is InChI=1S/C16H31N3O2/c1-3-16(21,4-2)12-18-15(20)14-6-5-11-19(14)13-7-9-17-10-8-13/h13-14,17,21H,3-12H2,1-2H3,(H,18,20). The highest BCUT2D eigenvalue weighted by Crippen LogP contribution is 2.24. The van der Waals surface area contributed by atoms with E-state index in [0.717, 1.165) is 45.3 Å². The Kier molecular flexibility index (Phi) is 6.02. The maximum absolute atomic E-state index is 12.5. The van der Waals surface area contributed by atoms with Gasteiger partial charge in [-0.15, -0.1) is 0 Å². The van der Waals surface area contributed by atoms with Crippen molar-refractivity contribution >= 4 is 5.91 Å². The van der Waals surface area contributed by atoms with E-state index in [1.165, 1.54) is 0 Å². The van der Waals surface area contributed by atoms with Gasteiger partial charge in [0.25, 0.3) is 0 Å². The van der Waals surface area contributed by atoms with Crippen LogP contribution in [0.4, 0.5) is 0 Å². The average molecular weight is 297 g/mol. The van der Waals surface area contributed by atoms with Crippen LogP contribution in [0, 0.1) is 0 Å². The Hall–Kier alpha value is -0.650. The zero-order valence-corrected chi connectivity index (χ0v) is 13.5. The fourth-order valence-corrected chi connectivity index (χ4v) is 3.52. The molecule has 2 heterocycles. The van der Waals surface area contributed by atoms with E-state index in [-0.39, 0.29) is 11.9 Å². The molecule has 0 radical (unpaired) electrons. The van der Waals surface area contributed by atoms with E-state index in [9.17, 15) is 9.90 Å². The van der Waals surface area contributed by atoms with E-state index >= 15 is 0 Å². The number of carbonyl (C=O) groups excluding carboxylic acids is 1. The van der Waals surface area contributed by atoms with Crippen molar-refractivity contribution in [1.29, 1.82) is 0 Å². The van der Waals surface area contributed by atoms with Gasteiger partial charge in [-0.05, 0) is 58.2 Å². The van der Waals surface area contributed by atoms with Gasteiger partial charge in [0, 0.05) is 12.6 Å². The number of hydrogen-bond acceptors (Lipinski definition) is 4. The number of likely N-dealkylation sites (tertiary alicyclic amines) is 1. The lowest BCUT2D eigenvalue weighted by molar-refractivity contribution is -0.127. The van der Waals surface area contributed by atoms with Gasteiger partial charge in [-0.1, -0.05) is 13.8 Å². The molecule has 21 heavy (non-hydrogen) atoms. The normalized spacial score (nSPS) is 25.2. The van der Waals surface area contributed by atoms with Crippen molar-refractivity contribution in [3.05, 3.63) is 0 Å². The quantitative estimate of drug-likeness (QED) is 0.681. The first kappa shape index (κ1) is 16.7. The van der Waals surface area contributed by atoms with Crippen LogP contribution in [0.25, 0.3) is 0 Å².